The minimum atomic E-state index is -0.545. The fourth-order valence-corrected chi connectivity index (χ4v) is 1.72. The molecule has 94 valence electrons. The molecule has 1 aromatic carbocycles. The van der Waals surface area contributed by atoms with Crippen LogP contribution in [0.2, 0.25) is 5.02 Å². The molecule has 2 rings (SSSR count). The van der Waals surface area contributed by atoms with Crippen LogP contribution in [-0.2, 0) is 4.79 Å². The number of nitrogens with zero attached hydrogens (tertiary/aromatic N) is 2. The van der Waals surface area contributed by atoms with Crippen molar-refractivity contribution in [3.8, 4) is 0 Å². The van der Waals surface area contributed by atoms with Gasteiger partial charge in [0.1, 0.15) is 0 Å². The van der Waals surface area contributed by atoms with E-state index in [0.717, 1.165) is 0 Å². The molecule has 6 nitrogen and oxygen atoms in total. The van der Waals surface area contributed by atoms with Gasteiger partial charge in [-0.1, -0.05) is 11.6 Å². The summed E-state index contributed by atoms with van der Waals surface area (Å²) in [6.45, 7) is 0.177. The number of amides is 2. The van der Waals surface area contributed by atoms with Gasteiger partial charge in [0, 0.05) is 12.7 Å². The van der Waals surface area contributed by atoms with Crippen LogP contribution >= 0.6 is 11.6 Å². The van der Waals surface area contributed by atoms with E-state index < -0.39 is 5.91 Å². The second-order valence-electron chi connectivity index (χ2n) is 3.88. The molecular weight excluding hydrogens is 256 g/mol. The first kappa shape index (κ1) is 12.4. The first-order valence-corrected chi connectivity index (χ1v) is 5.54. The number of aliphatic imine (C=N–C) groups is 1. The van der Waals surface area contributed by atoms with E-state index in [1.807, 2.05) is 0 Å². The Bertz CT molecular complexity index is 556. The summed E-state index contributed by atoms with van der Waals surface area (Å²) in [5.41, 5.74) is 6.21. The molecule has 7 heteroatoms. The number of nitrogens with one attached hydrogen (secondary N) is 1. The molecule has 3 N–H and O–H groups in total. The minimum Gasteiger partial charge on any atom is -0.399 e. The van der Waals surface area contributed by atoms with Gasteiger partial charge in [-0.25, -0.2) is 0 Å². The molecule has 0 unspecified atom stereocenters. The molecule has 1 aliphatic rings. The highest BCUT2D eigenvalue weighted by molar-refractivity contribution is 6.34. The Morgan fingerprint density at radius 3 is 2.89 bits per heavy atom. The van der Waals surface area contributed by atoms with E-state index >= 15 is 0 Å². The van der Waals surface area contributed by atoms with E-state index in [-0.39, 0.29) is 29.0 Å². The highest BCUT2D eigenvalue weighted by Gasteiger charge is 2.23. The van der Waals surface area contributed by atoms with Gasteiger partial charge < -0.3 is 10.6 Å². The maximum absolute atomic E-state index is 11.9. The molecule has 2 amide bonds. The lowest BCUT2D eigenvalue weighted by molar-refractivity contribution is -0.118. The molecule has 1 saturated heterocycles. The van der Waals surface area contributed by atoms with Crippen molar-refractivity contribution in [3.05, 3.63) is 28.8 Å². The molecule has 1 fully saturated rings. The van der Waals surface area contributed by atoms with Crippen molar-refractivity contribution in [2.75, 3.05) is 19.3 Å². The van der Waals surface area contributed by atoms with Crippen molar-refractivity contribution in [2.45, 2.75) is 0 Å². The van der Waals surface area contributed by atoms with Crippen LogP contribution in [0.3, 0.4) is 0 Å². The predicted molar refractivity (Wildman–Crippen MR) is 68.4 cm³/mol. The highest BCUT2D eigenvalue weighted by atomic mass is 35.5. The molecule has 1 heterocycles. The molecule has 18 heavy (non-hydrogen) atoms. The topological polar surface area (TPSA) is 87.8 Å². The zero-order chi connectivity index (χ0) is 13.3. The molecular formula is C11H11ClN4O2. The molecule has 0 atom stereocenters. The van der Waals surface area contributed by atoms with Crippen molar-refractivity contribution in [1.82, 2.24) is 10.2 Å². The third-order valence-electron chi connectivity index (χ3n) is 2.42. The van der Waals surface area contributed by atoms with E-state index in [1.54, 1.807) is 18.0 Å². The molecule has 0 radical (unpaired) electrons. The molecule has 1 aromatic rings. The van der Waals surface area contributed by atoms with Gasteiger partial charge in [0.05, 0.1) is 17.1 Å². The molecule has 0 aliphatic carbocycles. The number of halogens is 1. The van der Waals surface area contributed by atoms with Gasteiger partial charge >= 0.3 is 0 Å². The van der Waals surface area contributed by atoms with Crippen LogP contribution in [-0.4, -0.2) is 36.3 Å². The maximum Gasteiger partial charge on any atom is 0.281 e. The number of guanidine groups is 1. The van der Waals surface area contributed by atoms with Crippen molar-refractivity contribution < 1.29 is 9.59 Å². The number of rotatable bonds is 1. The van der Waals surface area contributed by atoms with Crippen LogP contribution < -0.4 is 11.1 Å². The second-order valence-corrected chi connectivity index (χ2v) is 4.29. The smallest absolute Gasteiger partial charge is 0.281 e. The van der Waals surface area contributed by atoms with Crippen molar-refractivity contribution >= 4 is 35.1 Å². The number of likely N-dealkylation sites (N-methyl/N-ethyl adjacent to an activating group) is 1. The number of anilines is 1. The zero-order valence-electron chi connectivity index (χ0n) is 9.61. The Morgan fingerprint density at radius 2 is 2.28 bits per heavy atom. The van der Waals surface area contributed by atoms with E-state index in [2.05, 4.69) is 10.3 Å². The first-order chi connectivity index (χ1) is 8.47. The Balaban J connectivity index is 2.30. The number of hydrogen-bond acceptors (Lipinski definition) is 3. The summed E-state index contributed by atoms with van der Waals surface area (Å²) in [7, 11) is 1.66. The van der Waals surface area contributed by atoms with E-state index in [9.17, 15) is 9.59 Å². The summed E-state index contributed by atoms with van der Waals surface area (Å²) >= 11 is 5.89. The SMILES string of the molecule is CN1CC(=O)NC1=NC(=O)c1cc(N)ccc1Cl. The van der Waals surface area contributed by atoms with Crippen LogP contribution in [0.1, 0.15) is 10.4 Å². The Labute approximate surface area is 108 Å². The zero-order valence-corrected chi connectivity index (χ0v) is 10.4. The molecule has 0 bridgehead atoms. The summed E-state index contributed by atoms with van der Waals surface area (Å²) in [4.78, 5) is 28.4. The fraction of sp³-hybridized carbons (Fsp3) is 0.182. The third-order valence-corrected chi connectivity index (χ3v) is 2.75. The van der Waals surface area contributed by atoms with Gasteiger partial charge in [-0.15, -0.1) is 0 Å². The summed E-state index contributed by atoms with van der Waals surface area (Å²) in [6, 6.07) is 4.57. The van der Waals surface area contributed by atoms with Crippen LogP contribution in [0, 0.1) is 0 Å². The summed E-state index contributed by atoms with van der Waals surface area (Å²) in [6.07, 6.45) is 0. The monoisotopic (exact) mass is 266 g/mol. The number of nitrogens with two attached hydrogens (primary N) is 1. The number of carbonyl (C=O) groups is 2. The van der Waals surface area contributed by atoms with Crippen LogP contribution in [0.5, 0.6) is 0 Å². The van der Waals surface area contributed by atoms with Gasteiger partial charge in [0.25, 0.3) is 5.91 Å². The normalized spacial score (nSPS) is 17.1. The van der Waals surface area contributed by atoms with Crippen molar-refractivity contribution in [1.29, 1.82) is 0 Å². The summed E-state index contributed by atoms with van der Waals surface area (Å²) in [5, 5.41) is 2.75. The second kappa shape index (κ2) is 4.66. The van der Waals surface area contributed by atoms with Gasteiger partial charge in [-0.3, -0.25) is 14.9 Å². The lowest BCUT2D eigenvalue weighted by Crippen LogP contribution is -2.28. The lowest BCUT2D eigenvalue weighted by Gasteiger charge is -2.08. The Kier molecular flexibility index (Phi) is 3.20. The van der Waals surface area contributed by atoms with Crippen molar-refractivity contribution in [3.63, 3.8) is 0 Å². The number of carbonyl (C=O) groups excluding carboxylic acids is 2. The van der Waals surface area contributed by atoms with Gasteiger partial charge in [0.2, 0.25) is 11.9 Å². The predicted octanol–water partition coefficient (Wildman–Crippen LogP) is 0.480. The fourth-order valence-electron chi connectivity index (χ4n) is 1.53. The lowest BCUT2D eigenvalue weighted by atomic mass is 10.2. The van der Waals surface area contributed by atoms with E-state index in [1.165, 1.54) is 12.1 Å². The molecule has 1 aliphatic heterocycles. The average molecular weight is 267 g/mol. The number of nitrogen functional groups attached to an aromatic ring is 1. The largest absolute Gasteiger partial charge is 0.399 e. The average Bonchev–Trinajstić information content (AvgIpc) is 2.61. The highest BCUT2D eigenvalue weighted by Crippen LogP contribution is 2.19. The van der Waals surface area contributed by atoms with E-state index in [0.29, 0.717) is 5.69 Å². The Hall–Kier alpha value is -2.08. The number of hydrogen-bond donors (Lipinski definition) is 2. The summed E-state index contributed by atoms with van der Waals surface area (Å²) in [5.74, 6) is -0.539. The molecule has 0 aromatic heterocycles. The number of benzene rings is 1. The van der Waals surface area contributed by atoms with Crippen LogP contribution in [0.25, 0.3) is 0 Å². The van der Waals surface area contributed by atoms with E-state index in [4.69, 9.17) is 17.3 Å². The third kappa shape index (κ3) is 2.43. The maximum atomic E-state index is 11.9. The van der Waals surface area contributed by atoms with Gasteiger partial charge in [-0.05, 0) is 18.2 Å². The standard InChI is InChI=1S/C11H11ClN4O2/c1-16-5-9(17)14-11(16)15-10(18)7-4-6(13)2-3-8(7)12/h2-4H,5,13H2,1H3,(H,14,15,17,18). The van der Waals surface area contributed by atoms with Crippen LogP contribution in [0.4, 0.5) is 5.69 Å². The van der Waals surface area contributed by atoms with Crippen molar-refractivity contribution in [2.24, 2.45) is 4.99 Å². The minimum absolute atomic E-state index is 0.177. The Morgan fingerprint density at radius 1 is 1.56 bits per heavy atom. The van der Waals surface area contributed by atoms with Gasteiger partial charge in [0.15, 0.2) is 0 Å². The quantitative estimate of drug-likeness (QED) is 0.724. The summed E-state index contributed by atoms with van der Waals surface area (Å²) < 4.78 is 0. The van der Waals surface area contributed by atoms with Crippen LogP contribution in [0.15, 0.2) is 23.2 Å². The molecule has 0 spiro atoms. The van der Waals surface area contributed by atoms with Gasteiger partial charge in [-0.2, -0.15) is 4.99 Å². The molecule has 0 saturated carbocycles. The first-order valence-electron chi connectivity index (χ1n) is 5.16.